The lowest BCUT2D eigenvalue weighted by Crippen LogP contribution is -2.43. The van der Waals surface area contributed by atoms with E-state index in [1.807, 2.05) is 49.4 Å². The molecule has 1 atom stereocenters. The summed E-state index contributed by atoms with van der Waals surface area (Å²) in [6, 6.07) is 19.3. The zero-order valence-corrected chi connectivity index (χ0v) is 19.3. The van der Waals surface area contributed by atoms with Gasteiger partial charge >= 0.3 is 0 Å². The number of nitrogens with zero attached hydrogens (tertiary/aromatic N) is 3. The summed E-state index contributed by atoms with van der Waals surface area (Å²) in [6.07, 6.45) is 4.92. The zero-order chi connectivity index (χ0) is 23.5. The lowest BCUT2D eigenvalue weighted by Gasteiger charge is -2.28. The van der Waals surface area contributed by atoms with Crippen molar-refractivity contribution in [3.8, 4) is 0 Å². The van der Waals surface area contributed by atoms with Crippen LogP contribution >= 0.6 is 11.6 Å². The smallest absolute Gasteiger partial charge is 0.255 e. The number of rotatable bonds is 6. The van der Waals surface area contributed by atoms with Crippen LogP contribution in [0.2, 0.25) is 5.15 Å². The summed E-state index contributed by atoms with van der Waals surface area (Å²) in [4.78, 5) is 22.2. The number of fused-ring (bicyclic) bond motifs is 1. The number of carbonyl (C=O) groups excluding carboxylic acids is 1. The fraction of sp³-hybridized carbons (Fsp3) is 0.154. The molecule has 170 valence electrons. The summed E-state index contributed by atoms with van der Waals surface area (Å²) in [7, 11) is 0. The second-order valence-electron chi connectivity index (χ2n) is 8.17. The van der Waals surface area contributed by atoms with Crippen LogP contribution in [0.5, 0.6) is 0 Å². The van der Waals surface area contributed by atoms with E-state index >= 15 is 0 Å². The van der Waals surface area contributed by atoms with E-state index in [-0.39, 0.29) is 11.9 Å². The van der Waals surface area contributed by atoms with Gasteiger partial charge in [0.05, 0.1) is 29.0 Å². The number of H-pyrrole nitrogens is 1. The van der Waals surface area contributed by atoms with Crippen LogP contribution in [0.1, 0.15) is 24.5 Å². The molecule has 0 bridgehead atoms. The average molecular weight is 471 g/mol. The molecule has 2 aromatic carbocycles. The van der Waals surface area contributed by atoms with Crippen LogP contribution in [0.15, 0.2) is 89.3 Å². The van der Waals surface area contributed by atoms with Crippen molar-refractivity contribution in [3.05, 3.63) is 101 Å². The standard InChI is InChI=1S/C26H23ClN6O/c1-16-24(26(34)31-20-8-10-21-19(13-20)15-29-33-21)22(9-7-17-5-3-2-4-6-17)32-25(30-16)18-11-12-28-23(27)14-18/h2-6,8,10-15,22H,7,9H2,1H3,(H,29,33)(H,30,32)(H,31,34). The minimum absolute atomic E-state index is 0.179. The maximum atomic E-state index is 13.4. The number of carbonyl (C=O) groups is 1. The van der Waals surface area contributed by atoms with Crippen LogP contribution in [0.25, 0.3) is 10.9 Å². The van der Waals surface area contributed by atoms with Crippen molar-refractivity contribution in [1.29, 1.82) is 0 Å². The summed E-state index contributed by atoms with van der Waals surface area (Å²) in [5.74, 6) is 0.498. The fourth-order valence-corrected chi connectivity index (χ4v) is 4.33. The molecule has 0 saturated heterocycles. The number of benzene rings is 2. The SMILES string of the molecule is CC1=C(C(=O)Nc2ccc3[nH]ncc3c2)C(CCc2ccccc2)NC(c2ccnc(Cl)c2)=N1. The largest absolute Gasteiger partial charge is 0.362 e. The van der Waals surface area contributed by atoms with Crippen molar-refractivity contribution >= 4 is 39.9 Å². The molecule has 3 N–H and O–H groups in total. The van der Waals surface area contributed by atoms with E-state index in [9.17, 15) is 4.79 Å². The van der Waals surface area contributed by atoms with Crippen molar-refractivity contribution in [3.63, 3.8) is 0 Å². The molecule has 0 radical (unpaired) electrons. The van der Waals surface area contributed by atoms with E-state index in [1.165, 1.54) is 5.56 Å². The van der Waals surface area contributed by atoms with E-state index in [0.29, 0.717) is 27.9 Å². The van der Waals surface area contributed by atoms with E-state index in [4.69, 9.17) is 16.6 Å². The summed E-state index contributed by atoms with van der Waals surface area (Å²) in [6.45, 7) is 1.87. The van der Waals surface area contributed by atoms with Crippen LogP contribution in [0.4, 0.5) is 5.69 Å². The summed E-state index contributed by atoms with van der Waals surface area (Å²) in [5.41, 5.74) is 4.95. The molecular formula is C26H23ClN6O. The first-order valence-electron chi connectivity index (χ1n) is 11.0. The molecular weight excluding hydrogens is 448 g/mol. The van der Waals surface area contributed by atoms with Gasteiger partial charge in [-0.25, -0.2) is 9.98 Å². The van der Waals surface area contributed by atoms with Gasteiger partial charge in [-0.1, -0.05) is 41.9 Å². The maximum absolute atomic E-state index is 13.4. The third kappa shape index (κ3) is 4.70. The Morgan fingerprint density at radius 3 is 2.79 bits per heavy atom. The van der Waals surface area contributed by atoms with Crippen LogP contribution in [-0.2, 0) is 11.2 Å². The first kappa shape index (κ1) is 21.9. The number of nitrogens with one attached hydrogen (secondary N) is 3. The Labute approximate surface area is 202 Å². The lowest BCUT2D eigenvalue weighted by atomic mass is 9.94. The van der Waals surface area contributed by atoms with Crippen molar-refractivity contribution in [2.75, 3.05) is 5.32 Å². The van der Waals surface area contributed by atoms with Crippen molar-refractivity contribution < 1.29 is 4.79 Å². The van der Waals surface area contributed by atoms with Crippen molar-refractivity contribution in [2.24, 2.45) is 4.99 Å². The second-order valence-corrected chi connectivity index (χ2v) is 8.56. The molecule has 5 rings (SSSR count). The van der Waals surface area contributed by atoms with E-state index < -0.39 is 0 Å². The van der Waals surface area contributed by atoms with Crippen LogP contribution < -0.4 is 10.6 Å². The topological polar surface area (TPSA) is 95.1 Å². The molecule has 1 amide bonds. The Morgan fingerprint density at radius 2 is 1.97 bits per heavy atom. The van der Waals surface area contributed by atoms with E-state index in [0.717, 1.165) is 29.3 Å². The van der Waals surface area contributed by atoms with Gasteiger partial charge in [0.1, 0.15) is 11.0 Å². The molecule has 4 aromatic rings. The highest BCUT2D eigenvalue weighted by Gasteiger charge is 2.29. The van der Waals surface area contributed by atoms with Crippen molar-refractivity contribution in [2.45, 2.75) is 25.8 Å². The molecule has 0 spiro atoms. The van der Waals surface area contributed by atoms with Crippen LogP contribution in [0, 0.1) is 0 Å². The lowest BCUT2D eigenvalue weighted by molar-refractivity contribution is -0.113. The molecule has 2 aromatic heterocycles. The zero-order valence-electron chi connectivity index (χ0n) is 18.5. The van der Waals surface area contributed by atoms with Gasteiger partial charge in [-0.15, -0.1) is 0 Å². The van der Waals surface area contributed by atoms with Gasteiger partial charge in [-0.2, -0.15) is 5.10 Å². The van der Waals surface area contributed by atoms with E-state index in [1.54, 1.807) is 18.5 Å². The van der Waals surface area contributed by atoms with Gasteiger partial charge in [0.2, 0.25) is 0 Å². The highest BCUT2D eigenvalue weighted by molar-refractivity contribution is 6.29. The number of amidine groups is 1. The normalized spacial score (nSPS) is 15.7. The highest BCUT2D eigenvalue weighted by atomic mass is 35.5. The third-order valence-corrected chi connectivity index (χ3v) is 6.04. The maximum Gasteiger partial charge on any atom is 0.255 e. The summed E-state index contributed by atoms with van der Waals surface area (Å²) >= 11 is 6.10. The third-order valence-electron chi connectivity index (χ3n) is 5.84. The number of hydrogen-bond donors (Lipinski definition) is 3. The van der Waals surface area contributed by atoms with Gasteiger partial charge in [0, 0.05) is 22.8 Å². The molecule has 3 heterocycles. The number of aromatic nitrogens is 3. The molecule has 1 aliphatic heterocycles. The van der Waals surface area contributed by atoms with Crippen molar-refractivity contribution in [1.82, 2.24) is 20.5 Å². The molecule has 1 unspecified atom stereocenters. The summed E-state index contributed by atoms with van der Waals surface area (Å²) < 4.78 is 0. The Morgan fingerprint density at radius 1 is 1.12 bits per heavy atom. The van der Waals surface area contributed by atoms with E-state index in [2.05, 4.69) is 37.9 Å². The van der Waals surface area contributed by atoms with Gasteiger partial charge in [-0.3, -0.25) is 9.89 Å². The number of aryl methyl sites for hydroxylation is 1. The monoisotopic (exact) mass is 470 g/mol. The molecule has 7 nitrogen and oxygen atoms in total. The molecule has 1 aliphatic rings. The minimum Gasteiger partial charge on any atom is -0.362 e. The van der Waals surface area contributed by atoms with Crippen LogP contribution in [0.3, 0.4) is 0 Å². The molecule has 0 aliphatic carbocycles. The molecule has 34 heavy (non-hydrogen) atoms. The first-order chi connectivity index (χ1) is 16.6. The van der Waals surface area contributed by atoms with Gasteiger partial charge < -0.3 is 10.6 Å². The Hall–Kier alpha value is -3.97. The quantitative estimate of drug-likeness (QED) is 0.350. The minimum atomic E-state index is -0.225. The Bertz CT molecular complexity index is 1410. The number of allylic oxidation sites excluding steroid dienone is 1. The molecule has 0 fully saturated rings. The summed E-state index contributed by atoms with van der Waals surface area (Å²) in [5, 5.41) is 14.8. The number of amides is 1. The Kier molecular flexibility index (Phi) is 6.10. The van der Waals surface area contributed by atoms with Gasteiger partial charge in [-0.05, 0) is 55.7 Å². The number of anilines is 1. The average Bonchev–Trinajstić information content (AvgIpc) is 3.31. The Balaban J connectivity index is 1.45. The number of hydrogen-bond acceptors (Lipinski definition) is 5. The number of halogens is 1. The molecule has 8 heteroatoms. The van der Waals surface area contributed by atoms with Gasteiger partial charge in [0.25, 0.3) is 5.91 Å². The highest BCUT2D eigenvalue weighted by Crippen LogP contribution is 2.25. The second kappa shape index (κ2) is 9.49. The molecule has 0 saturated carbocycles. The predicted octanol–water partition coefficient (Wildman–Crippen LogP) is 4.88. The number of aliphatic imine (C=N–C) groups is 1. The first-order valence-corrected chi connectivity index (χ1v) is 11.4. The van der Waals surface area contributed by atoms with Crippen LogP contribution in [-0.4, -0.2) is 33.0 Å². The number of aromatic amines is 1. The fourth-order valence-electron chi connectivity index (χ4n) is 4.16. The number of pyridine rings is 1. The van der Waals surface area contributed by atoms with Gasteiger partial charge in [0.15, 0.2) is 0 Å². The predicted molar refractivity (Wildman–Crippen MR) is 135 cm³/mol.